The van der Waals surface area contributed by atoms with Gasteiger partial charge in [-0.3, -0.25) is 4.79 Å². The Bertz CT molecular complexity index is 724. The highest BCUT2D eigenvalue weighted by atomic mass is 79.9. The Hall–Kier alpha value is -2.40. The molecule has 2 aromatic carbocycles. The highest BCUT2D eigenvalue weighted by molar-refractivity contribution is 9.10. The summed E-state index contributed by atoms with van der Waals surface area (Å²) in [4.78, 5) is 25.5. The van der Waals surface area contributed by atoms with Gasteiger partial charge in [0.15, 0.2) is 0 Å². The predicted molar refractivity (Wildman–Crippen MR) is 84.6 cm³/mol. The molecule has 4 nitrogen and oxygen atoms in total. The molecule has 3 rings (SSSR count). The van der Waals surface area contributed by atoms with E-state index in [-0.39, 0.29) is 11.6 Å². The van der Waals surface area contributed by atoms with Gasteiger partial charge >= 0.3 is 6.03 Å². The number of benzene rings is 2. The Morgan fingerprint density at radius 3 is 2.29 bits per heavy atom. The predicted octanol–water partition coefficient (Wildman–Crippen LogP) is 3.55. The lowest BCUT2D eigenvalue weighted by Crippen LogP contribution is -2.30. The molecule has 0 unspecified atom stereocenters. The second-order valence-electron chi connectivity index (χ2n) is 4.52. The summed E-state index contributed by atoms with van der Waals surface area (Å²) in [6.07, 6.45) is 1.66. The van der Waals surface area contributed by atoms with Gasteiger partial charge in [0.1, 0.15) is 5.70 Å². The number of imide groups is 1. The third kappa shape index (κ3) is 2.73. The van der Waals surface area contributed by atoms with E-state index < -0.39 is 6.03 Å². The van der Waals surface area contributed by atoms with Crippen LogP contribution in [0.25, 0.3) is 6.08 Å². The molecule has 0 radical (unpaired) electrons. The van der Waals surface area contributed by atoms with E-state index in [1.54, 1.807) is 30.3 Å². The molecule has 1 N–H and O–H groups in total. The van der Waals surface area contributed by atoms with E-state index in [1.165, 1.54) is 0 Å². The van der Waals surface area contributed by atoms with Gasteiger partial charge in [-0.1, -0.05) is 46.3 Å². The van der Waals surface area contributed by atoms with Gasteiger partial charge in [-0.05, 0) is 35.9 Å². The Balaban J connectivity index is 1.92. The lowest BCUT2D eigenvalue weighted by molar-refractivity contribution is -0.113. The third-order valence-electron chi connectivity index (χ3n) is 3.07. The summed E-state index contributed by atoms with van der Waals surface area (Å²) in [5.41, 5.74) is 1.67. The molecule has 1 aliphatic rings. The summed E-state index contributed by atoms with van der Waals surface area (Å²) in [5, 5.41) is 2.60. The molecule has 0 bridgehead atoms. The van der Waals surface area contributed by atoms with Gasteiger partial charge in [0.05, 0.1) is 5.69 Å². The van der Waals surface area contributed by atoms with Crippen molar-refractivity contribution in [3.63, 3.8) is 0 Å². The SMILES string of the molecule is O=C1N/C(=C\c2ccc(Br)cc2)C(=O)N1c1ccccc1. The maximum atomic E-state index is 12.4. The van der Waals surface area contributed by atoms with Gasteiger partial charge in [-0.15, -0.1) is 0 Å². The van der Waals surface area contributed by atoms with E-state index in [0.29, 0.717) is 5.69 Å². The van der Waals surface area contributed by atoms with Gasteiger partial charge in [-0.2, -0.15) is 0 Å². The highest BCUT2D eigenvalue weighted by Crippen LogP contribution is 2.22. The molecule has 1 heterocycles. The van der Waals surface area contributed by atoms with E-state index >= 15 is 0 Å². The first kappa shape index (κ1) is 13.6. The van der Waals surface area contributed by atoms with Crippen LogP contribution in [-0.4, -0.2) is 11.9 Å². The Kier molecular flexibility index (Phi) is 3.58. The lowest BCUT2D eigenvalue weighted by atomic mass is 10.2. The van der Waals surface area contributed by atoms with E-state index in [9.17, 15) is 9.59 Å². The minimum atomic E-state index is -0.436. The van der Waals surface area contributed by atoms with Crippen molar-refractivity contribution < 1.29 is 9.59 Å². The molecule has 1 fully saturated rings. The van der Waals surface area contributed by atoms with Crippen molar-refractivity contribution in [2.75, 3.05) is 4.90 Å². The maximum absolute atomic E-state index is 12.4. The first-order chi connectivity index (χ1) is 10.1. The van der Waals surface area contributed by atoms with Gasteiger partial charge in [-0.25, -0.2) is 9.69 Å². The van der Waals surface area contributed by atoms with Crippen LogP contribution in [0, 0.1) is 0 Å². The molecule has 0 saturated carbocycles. The summed E-state index contributed by atoms with van der Waals surface area (Å²) >= 11 is 3.35. The van der Waals surface area contributed by atoms with Crippen molar-refractivity contribution >= 4 is 39.6 Å². The molecule has 21 heavy (non-hydrogen) atoms. The minimum Gasteiger partial charge on any atom is -0.302 e. The minimum absolute atomic E-state index is 0.270. The molecule has 1 saturated heterocycles. The van der Waals surface area contributed by atoms with Gasteiger partial charge < -0.3 is 5.32 Å². The van der Waals surface area contributed by atoms with Gasteiger partial charge in [0, 0.05) is 4.47 Å². The van der Waals surface area contributed by atoms with E-state index in [4.69, 9.17) is 0 Å². The molecule has 1 aliphatic heterocycles. The molecule has 2 aromatic rings. The van der Waals surface area contributed by atoms with Gasteiger partial charge in [0.25, 0.3) is 5.91 Å². The number of carbonyl (C=O) groups excluding carboxylic acids is 2. The number of hydrogen-bond acceptors (Lipinski definition) is 2. The fourth-order valence-electron chi connectivity index (χ4n) is 2.07. The molecule has 0 spiro atoms. The van der Waals surface area contributed by atoms with Crippen LogP contribution in [0.15, 0.2) is 64.8 Å². The summed E-state index contributed by atoms with van der Waals surface area (Å²) in [5.74, 6) is -0.353. The van der Waals surface area contributed by atoms with E-state index in [0.717, 1.165) is 14.9 Å². The van der Waals surface area contributed by atoms with Crippen LogP contribution in [0.3, 0.4) is 0 Å². The van der Waals surface area contributed by atoms with Crippen LogP contribution in [0.1, 0.15) is 5.56 Å². The van der Waals surface area contributed by atoms with Crippen molar-refractivity contribution in [3.05, 3.63) is 70.3 Å². The average Bonchev–Trinajstić information content (AvgIpc) is 2.77. The smallest absolute Gasteiger partial charge is 0.302 e. The first-order valence-electron chi connectivity index (χ1n) is 6.33. The largest absolute Gasteiger partial charge is 0.333 e. The fourth-order valence-corrected chi connectivity index (χ4v) is 2.34. The fraction of sp³-hybridized carbons (Fsp3) is 0. The average molecular weight is 343 g/mol. The monoisotopic (exact) mass is 342 g/mol. The number of hydrogen-bond donors (Lipinski definition) is 1. The van der Waals surface area contributed by atoms with Gasteiger partial charge in [0.2, 0.25) is 0 Å². The van der Waals surface area contributed by atoms with Crippen LogP contribution in [0.5, 0.6) is 0 Å². The zero-order valence-corrected chi connectivity index (χ0v) is 12.5. The van der Waals surface area contributed by atoms with E-state index in [2.05, 4.69) is 21.2 Å². The molecular weight excluding hydrogens is 332 g/mol. The number of nitrogens with one attached hydrogen (secondary N) is 1. The molecule has 3 amide bonds. The summed E-state index contributed by atoms with van der Waals surface area (Å²) in [6.45, 7) is 0. The molecule has 0 atom stereocenters. The van der Waals surface area contributed by atoms with Crippen LogP contribution in [-0.2, 0) is 4.79 Å². The second kappa shape index (κ2) is 5.54. The maximum Gasteiger partial charge on any atom is 0.333 e. The van der Waals surface area contributed by atoms with Crippen molar-refractivity contribution in [1.29, 1.82) is 0 Å². The topological polar surface area (TPSA) is 49.4 Å². The number of nitrogens with zero attached hydrogens (tertiary/aromatic N) is 1. The number of halogens is 1. The van der Waals surface area contributed by atoms with Crippen molar-refractivity contribution in [2.24, 2.45) is 0 Å². The number of urea groups is 1. The highest BCUT2D eigenvalue weighted by Gasteiger charge is 2.34. The van der Waals surface area contributed by atoms with Crippen molar-refractivity contribution in [3.8, 4) is 0 Å². The zero-order valence-electron chi connectivity index (χ0n) is 10.9. The third-order valence-corrected chi connectivity index (χ3v) is 3.60. The summed E-state index contributed by atoms with van der Waals surface area (Å²) in [7, 11) is 0. The molecule has 5 heteroatoms. The molecular formula is C16H11BrN2O2. The number of carbonyl (C=O) groups is 2. The van der Waals surface area contributed by atoms with Crippen LogP contribution >= 0.6 is 15.9 Å². The second-order valence-corrected chi connectivity index (χ2v) is 5.43. The molecule has 104 valence electrons. The Morgan fingerprint density at radius 2 is 1.62 bits per heavy atom. The first-order valence-corrected chi connectivity index (χ1v) is 7.12. The number of para-hydroxylation sites is 1. The Morgan fingerprint density at radius 1 is 0.952 bits per heavy atom. The molecule has 0 aliphatic carbocycles. The van der Waals surface area contributed by atoms with Crippen molar-refractivity contribution in [2.45, 2.75) is 0 Å². The normalized spacial score (nSPS) is 16.4. The Labute approximate surface area is 130 Å². The standard InChI is InChI=1S/C16H11BrN2O2/c17-12-8-6-11(7-9-12)10-14-15(20)19(16(21)18-14)13-4-2-1-3-5-13/h1-10H,(H,18,21)/b14-10-. The van der Waals surface area contributed by atoms with Crippen LogP contribution < -0.4 is 10.2 Å². The quantitative estimate of drug-likeness (QED) is 0.670. The van der Waals surface area contributed by atoms with Crippen molar-refractivity contribution in [1.82, 2.24) is 5.32 Å². The van der Waals surface area contributed by atoms with Crippen LogP contribution in [0.2, 0.25) is 0 Å². The van der Waals surface area contributed by atoms with Crippen LogP contribution in [0.4, 0.5) is 10.5 Å². The number of rotatable bonds is 2. The number of anilines is 1. The molecule has 0 aromatic heterocycles. The lowest BCUT2D eigenvalue weighted by Gasteiger charge is -2.10. The van der Waals surface area contributed by atoms with E-state index in [1.807, 2.05) is 30.3 Å². The number of amides is 3. The summed E-state index contributed by atoms with van der Waals surface area (Å²) in [6, 6.07) is 15.9. The zero-order chi connectivity index (χ0) is 14.8. The summed E-state index contributed by atoms with van der Waals surface area (Å²) < 4.78 is 0.956.